The maximum absolute atomic E-state index is 13.4. The van der Waals surface area contributed by atoms with E-state index in [1.54, 1.807) is 18.2 Å². The molecule has 1 aromatic carbocycles. The van der Waals surface area contributed by atoms with E-state index in [-0.39, 0.29) is 22.1 Å². The first kappa shape index (κ1) is 21.5. The fourth-order valence-electron chi connectivity index (χ4n) is 3.42. The maximum atomic E-state index is 13.4. The summed E-state index contributed by atoms with van der Waals surface area (Å²) in [5.74, 6) is -0.718. The number of benzene rings is 1. The van der Waals surface area contributed by atoms with Crippen LogP contribution in [0.2, 0.25) is 5.02 Å². The first-order valence-electron chi connectivity index (χ1n) is 9.56. The van der Waals surface area contributed by atoms with E-state index < -0.39 is 17.8 Å². The minimum absolute atomic E-state index is 0.115. The molecule has 0 saturated carbocycles. The summed E-state index contributed by atoms with van der Waals surface area (Å²) in [6, 6.07) is 8.08. The van der Waals surface area contributed by atoms with Gasteiger partial charge in [-0.1, -0.05) is 23.7 Å². The van der Waals surface area contributed by atoms with Gasteiger partial charge in [0.25, 0.3) is 5.91 Å². The molecule has 3 aromatic rings. The molecule has 0 bridgehead atoms. The van der Waals surface area contributed by atoms with Gasteiger partial charge in [0.15, 0.2) is 11.3 Å². The van der Waals surface area contributed by atoms with Crippen LogP contribution in [0.15, 0.2) is 30.3 Å². The van der Waals surface area contributed by atoms with Crippen molar-refractivity contribution in [2.45, 2.75) is 19.6 Å². The number of fused-ring (bicyclic) bond motifs is 1. The molecular weight excluding hydrogens is 435 g/mol. The number of nitrogens with one attached hydrogen (secondary N) is 1. The van der Waals surface area contributed by atoms with Crippen molar-refractivity contribution in [2.24, 2.45) is 0 Å². The van der Waals surface area contributed by atoms with Crippen LogP contribution in [0.1, 0.15) is 27.4 Å². The second-order valence-corrected chi connectivity index (χ2v) is 7.60. The van der Waals surface area contributed by atoms with E-state index >= 15 is 0 Å². The quantitative estimate of drug-likeness (QED) is 0.650. The highest BCUT2D eigenvalue weighted by Crippen LogP contribution is 2.32. The molecule has 7 nitrogen and oxygen atoms in total. The van der Waals surface area contributed by atoms with Gasteiger partial charge in [-0.3, -0.25) is 9.69 Å². The van der Waals surface area contributed by atoms with Crippen molar-refractivity contribution in [1.82, 2.24) is 19.5 Å². The van der Waals surface area contributed by atoms with Crippen LogP contribution in [0.3, 0.4) is 0 Å². The predicted octanol–water partition coefficient (Wildman–Crippen LogP) is 3.79. The molecule has 3 heterocycles. The maximum Gasteiger partial charge on any atom is 0.433 e. The first-order valence-corrected chi connectivity index (χ1v) is 9.93. The summed E-state index contributed by atoms with van der Waals surface area (Å²) in [5, 5.41) is 6.22. The van der Waals surface area contributed by atoms with Gasteiger partial charge in [0.2, 0.25) is 0 Å². The van der Waals surface area contributed by atoms with Gasteiger partial charge in [-0.15, -0.1) is 0 Å². The lowest BCUT2D eigenvalue weighted by Gasteiger charge is -2.26. The van der Waals surface area contributed by atoms with Gasteiger partial charge in [-0.2, -0.15) is 18.3 Å². The fraction of sp³-hybridized carbons (Fsp3) is 0.350. The number of hydrogen-bond donors (Lipinski definition) is 1. The molecule has 1 aliphatic rings. The Morgan fingerprint density at radius 2 is 2.00 bits per heavy atom. The molecule has 31 heavy (non-hydrogen) atoms. The Labute approximate surface area is 180 Å². The van der Waals surface area contributed by atoms with Gasteiger partial charge in [-0.05, 0) is 30.7 Å². The molecule has 0 unspecified atom stereocenters. The van der Waals surface area contributed by atoms with Crippen molar-refractivity contribution >= 4 is 28.8 Å². The lowest BCUT2D eigenvalue weighted by molar-refractivity contribution is -0.142. The summed E-state index contributed by atoms with van der Waals surface area (Å²) in [4.78, 5) is 19.0. The third-order valence-corrected chi connectivity index (χ3v) is 5.21. The molecule has 4 rings (SSSR count). The van der Waals surface area contributed by atoms with Crippen molar-refractivity contribution in [2.75, 3.05) is 31.6 Å². The minimum Gasteiger partial charge on any atom is -0.379 e. The number of halogens is 4. The van der Waals surface area contributed by atoms with Gasteiger partial charge < -0.3 is 10.1 Å². The number of nitrogens with zero attached hydrogens (tertiary/aromatic N) is 4. The average Bonchev–Trinajstić information content (AvgIpc) is 3.04. The summed E-state index contributed by atoms with van der Waals surface area (Å²) in [6.07, 6.45) is -4.68. The van der Waals surface area contributed by atoms with E-state index in [9.17, 15) is 18.0 Å². The Kier molecular flexibility index (Phi) is 5.87. The van der Waals surface area contributed by atoms with Crippen LogP contribution in [0, 0.1) is 6.92 Å². The highest BCUT2D eigenvalue weighted by Gasteiger charge is 2.36. The number of hydrogen-bond acceptors (Lipinski definition) is 5. The summed E-state index contributed by atoms with van der Waals surface area (Å²) >= 11 is 6.18. The Hall–Kier alpha value is -2.69. The third kappa shape index (κ3) is 4.65. The van der Waals surface area contributed by atoms with Crippen molar-refractivity contribution in [3.63, 3.8) is 0 Å². The largest absolute Gasteiger partial charge is 0.433 e. The Balaban J connectivity index is 1.59. The summed E-state index contributed by atoms with van der Waals surface area (Å²) in [5.41, 5.74) is -0.0153. The van der Waals surface area contributed by atoms with Crippen LogP contribution in [0.5, 0.6) is 0 Å². The number of morpholine rings is 1. The van der Waals surface area contributed by atoms with Gasteiger partial charge >= 0.3 is 6.18 Å². The molecule has 1 N–H and O–H groups in total. The highest BCUT2D eigenvalue weighted by molar-refractivity contribution is 6.37. The number of carbonyl (C=O) groups is 1. The normalized spacial score (nSPS) is 15.4. The van der Waals surface area contributed by atoms with E-state index in [1.165, 1.54) is 6.92 Å². The SMILES string of the molecule is Cc1cc(C(F)(F)F)n2nc(C(=O)Nc3cccc(CN4CCOCC4)c3)c(Cl)c2n1. The van der Waals surface area contributed by atoms with Crippen LogP contribution >= 0.6 is 11.6 Å². The van der Waals surface area contributed by atoms with E-state index in [0.29, 0.717) is 30.0 Å². The highest BCUT2D eigenvalue weighted by atomic mass is 35.5. The summed E-state index contributed by atoms with van der Waals surface area (Å²) in [6.45, 7) is 5.11. The molecule has 11 heteroatoms. The van der Waals surface area contributed by atoms with Crippen molar-refractivity contribution in [3.8, 4) is 0 Å². The smallest absolute Gasteiger partial charge is 0.379 e. The monoisotopic (exact) mass is 453 g/mol. The molecule has 1 aliphatic heterocycles. The van der Waals surface area contributed by atoms with Gasteiger partial charge in [0, 0.05) is 31.0 Å². The molecule has 0 spiro atoms. The van der Waals surface area contributed by atoms with Crippen molar-refractivity contribution < 1.29 is 22.7 Å². The number of aromatic nitrogens is 3. The molecule has 0 aliphatic carbocycles. The van der Waals surface area contributed by atoms with Crippen LogP contribution < -0.4 is 5.32 Å². The van der Waals surface area contributed by atoms with E-state index in [1.807, 2.05) is 6.07 Å². The van der Waals surface area contributed by atoms with Crippen LogP contribution in [0.4, 0.5) is 18.9 Å². The van der Waals surface area contributed by atoms with Crippen LogP contribution in [-0.2, 0) is 17.5 Å². The number of rotatable bonds is 4. The Bertz CT molecular complexity index is 1130. The van der Waals surface area contributed by atoms with Crippen molar-refractivity contribution in [1.29, 1.82) is 0 Å². The molecule has 1 fully saturated rings. The third-order valence-electron chi connectivity index (χ3n) is 4.86. The number of alkyl halides is 3. The number of amides is 1. The topological polar surface area (TPSA) is 71.8 Å². The zero-order valence-corrected chi connectivity index (χ0v) is 17.3. The van der Waals surface area contributed by atoms with Crippen molar-refractivity contribution in [3.05, 3.63) is 58.0 Å². The molecule has 1 saturated heterocycles. The lowest BCUT2D eigenvalue weighted by Crippen LogP contribution is -2.35. The second kappa shape index (κ2) is 8.45. The summed E-state index contributed by atoms with van der Waals surface area (Å²) in [7, 11) is 0. The molecule has 2 aromatic heterocycles. The summed E-state index contributed by atoms with van der Waals surface area (Å²) < 4.78 is 46.0. The second-order valence-electron chi connectivity index (χ2n) is 7.22. The fourth-order valence-corrected chi connectivity index (χ4v) is 3.66. The lowest BCUT2D eigenvalue weighted by atomic mass is 10.1. The van der Waals surface area contributed by atoms with Crippen LogP contribution in [-0.4, -0.2) is 51.7 Å². The van der Waals surface area contributed by atoms with E-state index in [4.69, 9.17) is 16.3 Å². The Morgan fingerprint density at radius 3 is 2.71 bits per heavy atom. The number of carbonyl (C=O) groups excluding carboxylic acids is 1. The van der Waals surface area contributed by atoms with Crippen LogP contribution in [0.25, 0.3) is 5.65 Å². The first-order chi connectivity index (χ1) is 14.7. The Morgan fingerprint density at radius 1 is 1.26 bits per heavy atom. The molecular formula is C20H19ClF3N5O2. The molecule has 0 atom stereocenters. The number of ether oxygens (including phenoxy) is 1. The van der Waals surface area contributed by atoms with Gasteiger partial charge in [-0.25, -0.2) is 9.50 Å². The van der Waals surface area contributed by atoms with E-state index in [0.717, 1.165) is 24.7 Å². The standard InChI is InChI=1S/C20H19ClF3N5O2/c1-12-9-15(20(22,23)24)29-18(25-12)16(21)17(27-29)19(30)26-14-4-2-3-13(10-14)11-28-5-7-31-8-6-28/h2-4,9-10H,5-8,11H2,1H3,(H,26,30). The van der Waals surface area contributed by atoms with E-state index in [2.05, 4.69) is 20.3 Å². The molecule has 164 valence electrons. The van der Waals surface area contributed by atoms with Gasteiger partial charge in [0.1, 0.15) is 10.7 Å². The predicted molar refractivity (Wildman–Crippen MR) is 108 cm³/mol. The molecule has 0 radical (unpaired) electrons. The minimum atomic E-state index is -4.68. The zero-order chi connectivity index (χ0) is 22.2. The number of aryl methyl sites for hydroxylation is 1. The van der Waals surface area contributed by atoms with Gasteiger partial charge in [0.05, 0.1) is 13.2 Å². The number of anilines is 1. The zero-order valence-electron chi connectivity index (χ0n) is 16.5. The molecule has 1 amide bonds. The average molecular weight is 454 g/mol.